The SMILES string of the molecule is C[Si](C)(Cl)O[Si](C)(C)C#CC#C[Si](C)(C)O[Si](C)(C)Cl.C[Si](C)(Cl)O[Si](C)(C)Cl.[C-]#CC#[C-].[Li+].[Li+]. The molecule has 0 saturated heterocycles. The Morgan fingerprint density at radius 3 is 0.771 bits per heavy atom. The molecule has 0 aromatic rings. The van der Waals surface area contributed by atoms with Crippen LogP contribution in [0.4, 0.5) is 0 Å². The van der Waals surface area contributed by atoms with Crippen molar-refractivity contribution in [3.05, 3.63) is 12.8 Å². The number of hydrogen-bond donors (Lipinski definition) is 0. The van der Waals surface area contributed by atoms with E-state index in [1.807, 2.05) is 78.6 Å². The van der Waals surface area contributed by atoms with Crippen molar-refractivity contribution in [2.45, 2.75) is 78.6 Å². The van der Waals surface area contributed by atoms with Crippen LogP contribution in [0.1, 0.15) is 0 Å². The van der Waals surface area contributed by atoms with Gasteiger partial charge in [0.05, 0.1) is 0 Å². The molecule has 3 nitrogen and oxygen atoms in total. The van der Waals surface area contributed by atoms with E-state index < -0.39 is 47.1 Å². The summed E-state index contributed by atoms with van der Waals surface area (Å²) in [7, 11) is -12.0. The fourth-order valence-electron chi connectivity index (χ4n) is 2.21. The molecule has 0 atom stereocenters. The Hall–Kier alpha value is 1.78. The molecule has 0 aromatic heterocycles. The molecule has 0 spiro atoms. The molecule has 35 heavy (non-hydrogen) atoms. The van der Waals surface area contributed by atoms with E-state index in [0.717, 1.165) is 0 Å². The summed E-state index contributed by atoms with van der Waals surface area (Å²) >= 11 is 24.2. The molecule has 0 unspecified atom stereocenters. The van der Waals surface area contributed by atoms with Crippen molar-refractivity contribution in [2.24, 2.45) is 0 Å². The smallest absolute Gasteiger partial charge is 0.500 e. The second kappa shape index (κ2) is 19.8. The minimum absolute atomic E-state index is 0. The van der Waals surface area contributed by atoms with Gasteiger partial charge in [-0.05, 0) is 90.4 Å². The maximum atomic E-state index is 6.20. The first-order valence-corrected chi connectivity index (χ1v) is 31.5. The molecule has 0 fully saturated rings. The van der Waals surface area contributed by atoms with Gasteiger partial charge in [0.25, 0.3) is 47.1 Å². The normalized spacial score (nSPS) is 11.4. The van der Waals surface area contributed by atoms with Crippen LogP contribution in [0.25, 0.3) is 0 Å². The molecule has 15 heteroatoms. The third kappa shape index (κ3) is 46.0. The van der Waals surface area contributed by atoms with Crippen molar-refractivity contribution in [1.82, 2.24) is 0 Å². The van der Waals surface area contributed by atoms with Gasteiger partial charge in [-0.2, -0.15) is 0 Å². The molecule has 0 heterocycles. The maximum absolute atomic E-state index is 6.20. The third-order valence-electron chi connectivity index (χ3n) is 2.33. The summed E-state index contributed by atoms with van der Waals surface area (Å²) in [6.07, 6.45) is 11.8. The second-order valence-corrected chi connectivity index (χ2v) is 40.4. The number of rotatable bonds is 6. The van der Waals surface area contributed by atoms with Gasteiger partial charge in [0.15, 0.2) is 0 Å². The van der Waals surface area contributed by atoms with Gasteiger partial charge in [-0.25, -0.2) is 0 Å². The largest absolute Gasteiger partial charge is 1.00 e. The fraction of sp³-hybridized carbons (Fsp3) is 0.600. The minimum Gasteiger partial charge on any atom is -0.500 e. The fourth-order valence-corrected chi connectivity index (χ4v) is 25.0. The van der Waals surface area contributed by atoms with Gasteiger partial charge in [0, 0.05) is 0 Å². The predicted octanol–water partition coefficient (Wildman–Crippen LogP) is 1.45. The van der Waals surface area contributed by atoms with E-state index in [1.54, 1.807) is 11.8 Å². The van der Waals surface area contributed by atoms with Gasteiger partial charge in [0.2, 0.25) is 0 Å². The zero-order valence-electron chi connectivity index (χ0n) is 23.7. The van der Waals surface area contributed by atoms with E-state index in [-0.39, 0.29) is 37.7 Å². The average Bonchev–Trinajstić information content (AvgIpc) is 2.44. The monoisotopic (exact) mass is 646 g/mol. The molecule has 0 rings (SSSR count). The van der Waals surface area contributed by atoms with Crippen LogP contribution in [0, 0.1) is 47.6 Å². The van der Waals surface area contributed by atoms with Crippen LogP contribution in [0.5, 0.6) is 0 Å². The Morgan fingerprint density at radius 2 is 0.657 bits per heavy atom. The van der Waals surface area contributed by atoms with Crippen LogP contribution in [0.15, 0.2) is 0 Å². The summed E-state index contributed by atoms with van der Waals surface area (Å²) in [5.41, 5.74) is 6.28. The topological polar surface area (TPSA) is 27.7 Å². The van der Waals surface area contributed by atoms with E-state index in [4.69, 9.17) is 69.5 Å². The van der Waals surface area contributed by atoms with Crippen LogP contribution in [0.3, 0.4) is 0 Å². The summed E-state index contributed by atoms with van der Waals surface area (Å²) in [5.74, 6) is 9.01. The molecular weight excluding hydrogens is 612 g/mol. The maximum Gasteiger partial charge on any atom is 1.00 e. The van der Waals surface area contributed by atoms with Crippen molar-refractivity contribution < 1.29 is 50.1 Å². The molecule has 0 N–H and O–H groups in total. The zero-order chi connectivity index (χ0) is 27.4. The predicted molar refractivity (Wildman–Crippen MR) is 161 cm³/mol. The Balaban J connectivity index is -0.000000167. The van der Waals surface area contributed by atoms with Crippen LogP contribution < -0.4 is 37.7 Å². The van der Waals surface area contributed by atoms with Crippen molar-refractivity contribution >= 4 is 91.5 Å². The molecule has 0 bridgehead atoms. The van der Waals surface area contributed by atoms with Crippen LogP contribution in [-0.2, 0) is 12.3 Å². The standard InChI is InChI=1S/C12H24Cl2O2Si4.C4H12Cl2OSi2.C4.2Li/c1-17(2,15-19(5,6)13)11-9-10-12-18(3,4)16-20(7,8)14;1-8(2,5)7-9(3,4)6;1-3-4-2;;/h1-8H3;1-4H3;;;/q;;-2;2*+1. The van der Waals surface area contributed by atoms with E-state index in [2.05, 4.69) is 22.9 Å². The number of hydrogen-bond acceptors (Lipinski definition) is 3. The zero-order valence-corrected chi connectivity index (χ0v) is 32.8. The van der Waals surface area contributed by atoms with Crippen molar-refractivity contribution in [1.29, 1.82) is 0 Å². The average molecular weight is 649 g/mol. The third-order valence-corrected chi connectivity index (χ3v) is 18.4. The van der Waals surface area contributed by atoms with E-state index in [0.29, 0.717) is 0 Å². The van der Waals surface area contributed by atoms with Crippen LogP contribution >= 0.6 is 44.3 Å². The van der Waals surface area contributed by atoms with Crippen LogP contribution in [0.2, 0.25) is 78.6 Å². The molecule has 0 aliphatic carbocycles. The molecule has 0 aromatic carbocycles. The van der Waals surface area contributed by atoms with Gasteiger partial charge in [-0.15, -0.1) is 44.3 Å². The van der Waals surface area contributed by atoms with Crippen LogP contribution in [-0.4, -0.2) is 47.1 Å². The summed E-state index contributed by atoms with van der Waals surface area (Å²) in [5, 5.41) is 0. The molecule has 0 saturated carbocycles. The molecule has 0 aliphatic heterocycles. The van der Waals surface area contributed by atoms with Crippen molar-refractivity contribution in [3.63, 3.8) is 0 Å². The van der Waals surface area contributed by atoms with Crippen molar-refractivity contribution in [3.8, 4) is 34.8 Å². The quantitative estimate of drug-likeness (QED) is 0.189. The Morgan fingerprint density at radius 1 is 0.457 bits per heavy atom. The Bertz CT molecular complexity index is 744. The van der Waals surface area contributed by atoms with Gasteiger partial charge < -0.3 is 37.0 Å². The van der Waals surface area contributed by atoms with Crippen molar-refractivity contribution in [2.75, 3.05) is 0 Å². The van der Waals surface area contributed by atoms with Gasteiger partial charge in [0.1, 0.15) is 0 Å². The first-order chi connectivity index (χ1) is 14.2. The first-order valence-electron chi connectivity index (χ1n) is 9.98. The molecule has 0 radical (unpaired) electrons. The Kier molecular flexibility index (Phi) is 26.3. The van der Waals surface area contributed by atoms with Gasteiger partial charge in [-0.3, -0.25) is 0 Å². The first kappa shape index (κ1) is 46.6. The number of halogens is 4. The molecule has 188 valence electrons. The van der Waals surface area contributed by atoms with Gasteiger partial charge in [-0.1, -0.05) is 11.1 Å². The summed E-state index contributed by atoms with van der Waals surface area (Å²) in [6, 6.07) is 0. The Labute approximate surface area is 265 Å². The molecular formula is C20H36Cl4Li2O3Si6. The molecule has 0 aliphatic rings. The summed E-state index contributed by atoms with van der Waals surface area (Å²) < 4.78 is 17.2. The van der Waals surface area contributed by atoms with E-state index >= 15 is 0 Å². The minimum atomic E-state index is -2.07. The van der Waals surface area contributed by atoms with E-state index in [9.17, 15) is 0 Å². The second-order valence-electron chi connectivity index (χ2n) is 9.53. The van der Waals surface area contributed by atoms with Gasteiger partial charge >= 0.3 is 37.7 Å². The summed E-state index contributed by atoms with van der Waals surface area (Å²) in [6.45, 7) is 23.6. The van der Waals surface area contributed by atoms with E-state index in [1.165, 1.54) is 0 Å². The molecule has 0 amide bonds. The summed E-state index contributed by atoms with van der Waals surface area (Å²) in [4.78, 5) is 0.